The van der Waals surface area contributed by atoms with Crippen LogP contribution in [0.4, 0.5) is 0 Å². The van der Waals surface area contributed by atoms with E-state index in [9.17, 15) is 4.79 Å². The Balaban J connectivity index is 2.49. The van der Waals surface area contributed by atoms with Crippen molar-refractivity contribution in [2.24, 2.45) is 0 Å². The minimum atomic E-state index is -0.807. The second-order valence-corrected chi connectivity index (χ2v) is 3.80. The predicted molar refractivity (Wildman–Crippen MR) is 66.4 cm³/mol. The van der Waals surface area contributed by atoms with Gasteiger partial charge in [0.15, 0.2) is 0 Å². The summed E-state index contributed by atoms with van der Waals surface area (Å²) in [4.78, 5) is 10.8. The van der Waals surface area contributed by atoms with Crippen molar-refractivity contribution in [3.05, 3.63) is 29.8 Å². The molecule has 0 amide bonds. The highest BCUT2D eigenvalue weighted by Crippen LogP contribution is 2.13. The van der Waals surface area contributed by atoms with E-state index in [0.29, 0.717) is 13.0 Å². The van der Waals surface area contributed by atoms with E-state index >= 15 is 0 Å². The number of hydrogen-bond acceptors (Lipinski definition) is 3. The molecule has 0 aliphatic carbocycles. The lowest BCUT2D eigenvalue weighted by Crippen LogP contribution is -2.34. The summed E-state index contributed by atoms with van der Waals surface area (Å²) < 4.78 is 5.34. The van der Waals surface area contributed by atoms with Crippen molar-refractivity contribution >= 4 is 5.97 Å². The van der Waals surface area contributed by atoms with Gasteiger partial charge in [-0.05, 0) is 44.5 Å². The number of rotatable bonds is 7. The Morgan fingerprint density at radius 1 is 1.41 bits per heavy atom. The molecule has 1 rings (SSSR count). The van der Waals surface area contributed by atoms with Crippen molar-refractivity contribution in [1.29, 1.82) is 0 Å². The summed E-state index contributed by atoms with van der Waals surface area (Å²) in [7, 11) is 1.66. The average molecular weight is 237 g/mol. The van der Waals surface area contributed by atoms with Crippen LogP contribution in [0, 0.1) is 0 Å². The molecule has 0 bridgehead atoms. The minimum Gasteiger partial charge on any atom is -0.494 e. The number of hydrogen-bond donors (Lipinski definition) is 2. The molecule has 1 aromatic carbocycles. The van der Waals surface area contributed by atoms with E-state index in [1.54, 1.807) is 7.05 Å². The number of likely N-dealkylation sites (N-methyl/N-ethyl adjacent to an activating group) is 1. The first-order valence-electron chi connectivity index (χ1n) is 5.79. The summed E-state index contributed by atoms with van der Waals surface area (Å²) in [5.41, 5.74) is 1.12. The highest BCUT2D eigenvalue weighted by atomic mass is 16.5. The van der Waals surface area contributed by atoms with Gasteiger partial charge in [-0.1, -0.05) is 12.1 Å². The van der Waals surface area contributed by atoms with Gasteiger partial charge in [-0.3, -0.25) is 4.79 Å². The van der Waals surface area contributed by atoms with Crippen molar-refractivity contribution in [3.63, 3.8) is 0 Å². The van der Waals surface area contributed by atoms with E-state index in [1.807, 2.05) is 31.2 Å². The molecular weight excluding hydrogens is 218 g/mol. The van der Waals surface area contributed by atoms with Crippen molar-refractivity contribution in [2.45, 2.75) is 25.8 Å². The van der Waals surface area contributed by atoms with Gasteiger partial charge in [0, 0.05) is 0 Å². The Bertz CT molecular complexity index is 348. The molecule has 4 heteroatoms. The van der Waals surface area contributed by atoms with Crippen LogP contribution in [0.15, 0.2) is 24.3 Å². The number of aryl methyl sites for hydroxylation is 1. The van der Waals surface area contributed by atoms with Crippen LogP contribution in [-0.2, 0) is 11.2 Å². The Morgan fingerprint density at radius 3 is 2.53 bits per heavy atom. The zero-order chi connectivity index (χ0) is 12.7. The second kappa shape index (κ2) is 6.91. The van der Waals surface area contributed by atoms with E-state index < -0.39 is 12.0 Å². The number of carboxylic acids is 1. The first-order chi connectivity index (χ1) is 8.17. The van der Waals surface area contributed by atoms with E-state index in [1.165, 1.54) is 0 Å². The van der Waals surface area contributed by atoms with Crippen LogP contribution in [-0.4, -0.2) is 30.8 Å². The first-order valence-corrected chi connectivity index (χ1v) is 5.79. The Labute approximate surface area is 102 Å². The number of nitrogens with one attached hydrogen (secondary N) is 1. The van der Waals surface area contributed by atoms with Gasteiger partial charge in [-0.15, -0.1) is 0 Å². The summed E-state index contributed by atoms with van der Waals surface area (Å²) in [6.07, 6.45) is 1.32. The van der Waals surface area contributed by atoms with E-state index in [0.717, 1.165) is 17.7 Å². The lowest BCUT2D eigenvalue weighted by atomic mass is 10.1. The molecule has 0 spiro atoms. The number of aliphatic carboxylic acids is 1. The smallest absolute Gasteiger partial charge is 0.320 e. The Hall–Kier alpha value is -1.55. The fourth-order valence-electron chi connectivity index (χ4n) is 1.62. The SMILES string of the molecule is CCOc1ccc(CC[C@@H](NC)C(=O)O)cc1. The summed E-state index contributed by atoms with van der Waals surface area (Å²) in [5, 5.41) is 11.7. The molecule has 2 N–H and O–H groups in total. The summed E-state index contributed by atoms with van der Waals surface area (Å²) in [5.74, 6) is 0.0399. The summed E-state index contributed by atoms with van der Waals surface area (Å²) >= 11 is 0. The third-order valence-electron chi connectivity index (χ3n) is 2.60. The van der Waals surface area contributed by atoms with Crippen LogP contribution >= 0.6 is 0 Å². The normalized spacial score (nSPS) is 12.1. The van der Waals surface area contributed by atoms with Gasteiger partial charge in [0.05, 0.1) is 6.61 Å². The van der Waals surface area contributed by atoms with Gasteiger partial charge in [-0.2, -0.15) is 0 Å². The number of carboxylic acid groups (broad SMARTS) is 1. The number of carbonyl (C=O) groups is 1. The molecule has 94 valence electrons. The van der Waals surface area contributed by atoms with Crippen LogP contribution in [0.5, 0.6) is 5.75 Å². The minimum absolute atomic E-state index is 0.485. The van der Waals surface area contributed by atoms with Crippen LogP contribution in [0.1, 0.15) is 18.9 Å². The fraction of sp³-hybridized carbons (Fsp3) is 0.462. The third-order valence-corrected chi connectivity index (χ3v) is 2.60. The van der Waals surface area contributed by atoms with Crippen LogP contribution in [0.3, 0.4) is 0 Å². The lowest BCUT2D eigenvalue weighted by Gasteiger charge is -2.11. The largest absolute Gasteiger partial charge is 0.494 e. The number of ether oxygens (including phenoxy) is 1. The van der Waals surface area contributed by atoms with Crippen LogP contribution in [0.2, 0.25) is 0 Å². The monoisotopic (exact) mass is 237 g/mol. The average Bonchev–Trinajstić information content (AvgIpc) is 2.32. The fourth-order valence-corrected chi connectivity index (χ4v) is 1.62. The highest BCUT2D eigenvalue weighted by molar-refractivity contribution is 5.73. The van der Waals surface area contributed by atoms with Crippen molar-refractivity contribution < 1.29 is 14.6 Å². The molecule has 4 nitrogen and oxygen atoms in total. The van der Waals surface area contributed by atoms with Crippen molar-refractivity contribution in [3.8, 4) is 5.75 Å². The van der Waals surface area contributed by atoms with Crippen LogP contribution in [0.25, 0.3) is 0 Å². The third kappa shape index (κ3) is 4.44. The standard InChI is InChI=1S/C13H19NO3/c1-3-17-11-7-4-10(5-8-11)6-9-12(14-2)13(15)16/h4-5,7-8,12,14H,3,6,9H2,1-2H3,(H,15,16)/t12-/m1/s1. The van der Waals surface area contributed by atoms with Crippen LogP contribution < -0.4 is 10.1 Å². The predicted octanol–water partition coefficient (Wildman–Crippen LogP) is 1.69. The molecule has 17 heavy (non-hydrogen) atoms. The van der Waals surface area contributed by atoms with E-state index in [-0.39, 0.29) is 0 Å². The maximum Gasteiger partial charge on any atom is 0.320 e. The van der Waals surface area contributed by atoms with Gasteiger partial charge >= 0.3 is 5.97 Å². The van der Waals surface area contributed by atoms with Gasteiger partial charge in [0.2, 0.25) is 0 Å². The Morgan fingerprint density at radius 2 is 2.06 bits per heavy atom. The summed E-state index contributed by atoms with van der Waals surface area (Å²) in [6, 6.07) is 7.28. The first kappa shape index (κ1) is 13.5. The highest BCUT2D eigenvalue weighted by Gasteiger charge is 2.13. The molecule has 0 fully saturated rings. The molecule has 1 atom stereocenters. The molecule has 0 radical (unpaired) electrons. The van der Waals surface area contributed by atoms with E-state index in [2.05, 4.69) is 5.32 Å². The number of benzene rings is 1. The molecule has 1 aromatic rings. The Kier molecular flexibility index (Phi) is 5.49. The molecule has 0 aliphatic rings. The van der Waals surface area contributed by atoms with E-state index in [4.69, 9.17) is 9.84 Å². The zero-order valence-electron chi connectivity index (χ0n) is 10.3. The molecule has 0 heterocycles. The molecular formula is C13H19NO3. The molecule has 0 unspecified atom stereocenters. The molecule has 0 saturated carbocycles. The maximum absolute atomic E-state index is 10.8. The zero-order valence-corrected chi connectivity index (χ0v) is 10.3. The lowest BCUT2D eigenvalue weighted by molar-refractivity contribution is -0.139. The van der Waals surface area contributed by atoms with Crippen molar-refractivity contribution in [1.82, 2.24) is 5.32 Å². The van der Waals surface area contributed by atoms with Gasteiger partial charge in [-0.25, -0.2) is 0 Å². The topological polar surface area (TPSA) is 58.6 Å². The van der Waals surface area contributed by atoms with Crippen molar-refractivity contribution in [2.75, 3.05) is 13.7 Å². The van der Waals surface area contributed by atoms with Gasteiger partial charge in [0.1, 0.15) is 11.8 Å². The van der Waals surface area contributed by atoms with Gasteiger partial charge in [0.25, 0.3) is 0 Å². The van der Waals surface area contributed by atoms with Gasteiger partial charge < -0.3 is 15.2 Å². The second-order valence-electron chi connectivity index (χ2n) is 3.80. The molecule has 0 aromatic heterocycles. The maximum atomic E-state index is 10.8. The molecule has 0 aliphatic heterocycles. The summed E-state index contributed by atoms with van der Waals surface area (Å²) in [6.45, 7) is 2.60. The quantitative estimate of drug-likeness (QED) is 0.757. The molecule has 0 saturated heterocycles.